The molecule has 1 aromatic heterocycles. The lowest BCUT2D eigenvalue weighted by atomic mass is 9.86. The summed E-state index contributed by atoms with van der Waals surface area (Å²) in [4.78, 5) is 41.3. The van der Waals surface area contributed by atoms with Crippen LogP contribution in [0.25, 0.3) is 0 Å². The smallest absolute Gasteiger partial charge is 0.410 e. The summed E-state index contributed by atoms with van der Waals surface area (Å²) in [5.41, 5.74) is 1.53. The van der Waals surface area contributed by atoms with Crippen molar-refractivity contribution >= 4 is 11.9 Å². The normalized spacial score (nSPS) is 18.8. The largest absolute Gasteiger partial charge is 0.444 e. The van der Waals surface area contributed by atoms with Gasteiger partial charge in [0.15, 0.2) is 5.78 Å². The highest BCUT2D eigenvalue weighted by Crippen LogP contribution is 2.29. The number of nitrogens with zero attached hydrogens (tertiary/aromatic N) is 1. The van der Waals surface area contributed by atoms with Gasteiger partial charge in [-0.3, -0.25) is 9.59 Å². The van der Waals surface area contributed by atoms with E-state index in [0.29, 0.717) is 43.5 Å². The fourth-order valence-corrected chi connectivity index (χ4v) is 3.59. The number of hydrogen-bond donors (Lipinski definition) is 1. The molecule has 0 aromatic carbocycles. The zero-order valence-corrected chi connectivity index (χ0v) is 15.2. The van der Waals surface area contributed by atoms with E-state index in [0.717, 1.165) is 18.5 Å². The molecule has 0 atom stereocenters. The second-order valence-corrected chi connectivity index (χ2v) is 7.96. The fraction of sp³-hybridized carbons (Fsp3) is 0.632. The van der Waals surface area contributed by atoms with Crippen LogP contribution in [0.2, 0.25) is 0 Å². The van der Waals surface area contributed by atoms with Crippen LogP contribution in [-0.4, -0.2) is 40.5 Å². The number of carbonyl (C=O) groups excluding carboxylic acids is 2. The Hall–Kier alpha value is -2.11. The number of pyridine rings is 1. The summed E-state index contributed by atoms with van der Waals surface area (Å²) in [7, 11) is 0. The molecule has 1 aliphatic heterocycles. The van der Waals surface area contributed by atoms with E-state index in [1.807, 2.05) is 20.8 Å². The van der Waals surface area contributed by atoms with E-state index in [4.69, 9.17) is 4.74 Å². The summed E-state index contributed by atoms with van der Waals surface area (Å²) in [5, 5.41) is 0. The minimum atomic E-state index is -0.510. The van der Waals surface area contributed by atoms with Gasteiger partial charge in [-0.15, -0.1) is 0 Å². The first kappa shape index (κ1) is 17.7. The van der Waals surface area contributed by atoms with Crippen molar-refractivity contribution in [1.82, 2.24) is 9.88 Å². The van der Waals surface area contributed by atoms with Crippen molar-refractivity contribution in [1.29, 1.82) is 0 Å². The van der Waals surface area contributed by atoms with Crippen molar-refractivity contribution in [2.75, 3.05) is 13.1 Å². The topological polar surface area (TPSA) is 79.5 Å². The number of nitrogens with one attached hydrogen (secondary N) is 1. The minimum absolute atomic E-state index is 0.0717. The van der Waals surface area contributed by atoms with E-state index in [1.54, 1.807) is 11.0 Å². The maximum atomic E-state index is 12.4. The van der Waals surface area contributed by atoms with Gasteiger partial charge in [0.2, 0.25) is 0 Å². The highest BCUT2D eigenvalue weighted by Gasteiger charge is 2.29. The Bertz CT molecular complexity index is 737. The standard InChI is InChI=1S/C19H26N2O4/c1-19(2,3)25-18(24)21-9-7-12(8-10-21)13-11-14-15(20-17(13)23)5-4-6-16(14)22/h11-12H,4-10H2,1-3H3,(H,20,23). The van der Waals surface area contributed by atoms with E-state index >= 15 is 0 Å². The Morgan fingerprint density at radius 1 is 1.20 bits per heavy atom. The van der Waals surface area contributed by atoms with Gasteiger partial charge in [-0.1, -0.05) is 0 Å². The third-order valence-corrected chi connectivity index (χ3v) is 4.87. The van der Waals surface area contributed by atoms with Crippen molar-refractivity contribution in [3.63, 3.8) is 0 Å². The SMILES string of the molecule is CC(C)(C)OC(=O)N1CCC(c2cc3c([nH]c2=O)CCCC3=O)CC1. The molecule has 0 spiro atoms. The molecule has 136 valence electrons. The van der Waals surface area contributed by atoms with Crippen LogP contribution in [0, 0.1) is 0 Å². The molecular formula is C19H26N2O4. The van der Waals surface area contributed by atoms with Crippen molar-refractivity contribution < 1.29 is 14.3 Å². The third kappa shape index (κ3) is 3.94. The summed E-state index contributed by atoms with van der Waals surface area (Å²) in [6.45, 7) is 6.66. The van der Waals surface area contributed by atoms with Gasteiger partial charge in [-0.05, 0) is 58.4 Å². The van der Waals surface area contributed by atoms with E-state index in [9.17, 15) is 14.4 Å². The van der Waals surface area contributed by atoms with Crippen LogP contribution in [0.1, 0.15) is 74.0 Å². The van der Waals surface area contributed by atoms with Crippen molar-refractivity contribution in [3.05, 3.63) is 33.2 Å². The molecule has 1 amide bonds. The molecule has 1 aliphatic carbocycles. The van der Waals surface area contributed by atoms with Gasteiger partial charge in [-0.25, -0.2) is 4.79 Å². The molecule has 6 heteroatoms. The molecule has 6 nitrogen and oxygen atoms in total. The Labute approximate surface area is 147 Å². The second-order valence-electron chi connectivity index (χ2n) is 7.96. The van der Waals surface area contributed by atoms with Crippen LogP contribution < -0.4 is 5.56 Å². The van der Waals surface area contributed by atoms with Crippen LogP contribution in [0.15, 0.2) is 10.9 Å². The highest BCUT2D eigenvalue weighted by atomic mass is 16.6. The van der Waals surface area contributed by atoms with E-state index in [1.165, 1.54) is 0 Å². The first-order valence-corrected chi connectivity index (χ1v) is 9.02. The molecular weight excluding hydrogens is 320 g/mol. The summed E-state index contributed by atoms with van der Waals surface area (Å²) >= 11 is 0. The van der Waals surface area contributed by atoms with E-state index in [2.05, 4.69) is 4.98 Å². The number of rotatable bonds is 1. The van der Waals surface area contributed by atoms with Crippen LogP contribution in [0.5, 0.6) is 0 Å². The second kappa shape index (κ2) is 6.65. The van der Waals surface area contributed by atoms with Crippen molar-refractivity contribution in [2.45, 2.75) is 64.4 Å². The first-order valence-electron chi connectivity index (χ1n) is 9.02. The summed E-state index contributed by atoms with van der Waals surface area (Å²) in [6.07, 6.45) is 3.21. The Balaban J connectivity index is 1.71. The number of piperidine rings is 1. The van der Waals surface area contributed by atoms with Gasteiger partial charge in [0.1, 0.15) is 5.60 Å². The Morgan fingerprint density at radius 3 is 2.52 bits per heavy atom. The number of amides is 1. The molecule has 25 heavy (non-hydrogen) atoms. The van der Waals surface area contributed by atoms with Crippen LogP contribution in [0.4, 0.5) is 4.79 Å². The van der Waals surface area contributed by atoms with Gasteiger partial charge in [-0.2, -0.15) is 0 Å². The number of ketones is 1. The molecule has 1 fully saturated rings. The molecule has 1 aromatic rings. The maximum absolute atomic E-state index is 12.4. The molecule has 0 radical (unpaired) electrons. The van der Waals surface area contributed by atoms with Crippen molar-refractivity contribution in [2.24, 2.45) is 0 Å². The Morgan fingerprint density at radius 2 is 1.88 bits per heavy atom. The average Bonchev–Trinajstić information content (AvgIpc) is 2.53. The summed E-state index contributed by atoms with van der Waals surface area (Å²) < 4.78 is 5.40. The number of aryl methyl sites for hydroxylation is 1. The highest BCUT2D eigenvalue weighted by molar-refractivity contribution is 5.98. The number of aromatic amines is 1. The number of likely N-dealkylation sites (tertiary alicyclic amines) is 1. The molecule has 1 saturated heterocycles. The van der Waals surface area contributed by atoms with Crippen molar-refractivity contribution in [3.8, 4) is 0 Å². The number of carbonyl (C=O) groups is 2. The minimum Gasteiger partial charge on any atom is -0.444 e. The molecule has 0 bridgehead atoms. The predicted molar refractivity (Wildman–Crippen MR) is 94.1 cm³/mol. The van der Waals surface area contributed by atoms with Gasteiger partial charge in [0, 0.05) is 36.3 Å². The van der Waals surface area contributed by atoms with Crippen LogP contribution in [0.3, 0.4) is 0 Å². The lowest BCUT2D eigenvalue weighted by Crippen LogP contribution is -2.42. The predicted octanol–water partition coefficient (Wildman–Crippen LogP) is 3.01. The molecule has 0 unspecified atom stereocenters. The zero-order valence-electron chi connectivity index (χ0n) is 15.2. The number of aromatic nitrogens is 1. The molecule has 0 saturated carbocycles. The number of H-pyrrole nitrogens is 1. The maximum Gasteiger partial charge on any atom is 0.410 e. The summed E-state index contributed by atoms with van der Waals surface area (Å²) in [5.74, 6) is 0.187. The van der Waals surface area contributed by atoms with Crippen LogP contribution >= 0.6 is 0 Å². The summed E-state index contributed by atoms with van der Waals surface area (Å²) in [6, 6.07) is 1.80. The first-order chi connectivity index (χ1) is 11.7. The number of fused-ring (bicyclic) bond motifs is 1. The molecule has 2 heterocycles. The zero-order chi connectivity index (χ0) is 18.2. The molecule has 2 aliphatic rings. The molecule has 1 N–H and O–H groups in total. The number of hydrogen-bond acceptors (Lipinski definition) is 4. The fourth-order valence-electron chi connectivity index (χ4n) is 3.59. The average molecular weight is 346 g/mol. The van der Waals surface area contributed by atoms with Gasteiger partial charge in [0.05, 0.1) is 0 Å². The van der Waals surface area contributed by atoms with Gasteiger partial charge in [0.25, 0.3) is 5.56 Å². The lowest BCUT2D eigenvalue weighted by molar-refractivity contribution is 0.0204. The van der Waals surface area contributed by atoms with Crippen LogP contribution in [-0.2, 0) is 11.2 Å². The molecule has 3 rings (SSSR count). The van der Waals surface area contributed by atoms with Gasteiger partial charge < -0.3 is 14.6 Å². The monoisotopic (exact) mass is 346 g/mol. The van der Waals surface area contributed by atoms with Gasteiger partial charge >= 0.3 is 6.09 Å². The quantitative estimate of drug-likeness (QED) is 0.848. The lowest BCUT2D eigenvalue weighted by Gasteiger charge is -2.33. The number of ether oxygens (including phenoxy) is 1. The van der Waals surface area contributed by atoms with E-state index < -0.39 is 5.60 Å². The Kier molecular flexibility index (Phi) is 4.71. The van der Waals surface area contributed by atoms with E-state index in [-0.39, 0.29) is 23.4 Å². The number of Topliss-reactive ketones (excluding diaryl/α,β-unsaturated/α-hetero) is 1. The third-order valence-electron chi connectivity index (χ3n) is 4.87.